The molecule has 172 valence electrons. The molecule has 0 saturated carbocycles. The van der Waals surface area contributed by atoms with Crippen LogP contribution >= 0.6 is 11.3 Å². The third-order valence-corrected chi connectivity index (χ3v) is 4.79. The third kappa shape index (κ3) is 8.14. The van der Waals surface area contributed by atoms with Gasteiger partial charge in [-0.15, -0.1) is 11.3 Å². The van der Waals surface area contributed by atoms with Gasteiger partial charge in [0.15, 0.2) is 5.58 Å². The Morgan fingerprint density at radius 2 is 1.84 bits per heavy atom. The normalized spacial score (nSPS) is 12.4. The van der Waals surface area contributed by atoms with E-state index in [4.69, 9.17) is 19.5 Å². The molecule has 0 aliphatic rings. The maximum Gasteiger partial charge on any atom is 0.328 e. The third-order valence-electron chi connectivity index (χ3n) is 3.89. The average Bonchev–Trinajstić information content (AvgIpc) is 3.33. The van der Waals surface area contributed by atoms with Gasteiger partial charge in [-0.05, 0) is 44.4 Å². The predicted octanol–water partition coefficient (Wildman–Crippen LogP) is 3.40. The van der Waals surface area contributed by atoms with E-state index in [1.807, 2.05) is 35.7 Å². The van der Waals surface area contributed by atoms with E-state index in [9.17, 15) is 14.7 Å². The monoisotopic (exact) mass is 462 g/mol. The molecule has 4 N–H and O–H groups in total. The van der Waals surface area contributed by atoms with Crippen molar-refractivity contribution < 1.29 is 34.2 Å². The van der Waals surface area contributed by atoms with Crippen molar-refractivity contribution in [2.75, 3.05) is 13.2 Å². The molecule has 0 radical (unpaired) electrons. The summed E-state index contributed by atoms with van der Waals surface area (Å²) in [5, 5.41) is 35.1. The number of β-amino-alcohol motifs (C(OH)–C–C–N with tert-alkyl or cyclic N) is 1. The molecule has 0 aliphatic carbocycles. The van der Waals surface area contributed by atoms with Crippen LogP contribution in [0.3, 0.4) is 0 Å². The first kappa shape index (κ1) is 25.1. The Bertz CT molecular complexity index is 1050. The second-order valence-electron chi connectivity index (χ2n) is 7.75. The van der Waals surface area contributed by atoms with Gasteiger partial charge >= 0.3 is 11.9 Å². The van der Waals surface area contributed by atoms with Gasteiger partial charge in [-0.25, -0.2) is 9.59 Å². The first-order valence-corrected chi connectivity index (χ1v) is 10.6. The number of benzene rings is 1. The molecule has 2 aromatic heterocycles. The lowest BCUT2D eigenvalue weighted by molar-refractivity contribution is -0.134. The quantitative estimate of drug-likeness (QED) is 0.370. The van der Waals surface area contributed by atoms with Gasteiger partial charge in [-0.3, -0.25) is 0 Å². The van der Waals surface area contributed by atoms with E-state index in [2.05, 4.69) is 31.2 Å². The lowest BCUT2D eigenvalue weighted by Gasteiger charge is -2.23. The Morgan fingerprint density at radius 1 is 1.19 bits per heavy atom. The summed E-state index contributed by atoms with van der Waals surface area (Å²) in [4.78, 5) is 19.1. The molecular weight excluding hydrogens is 436 g/mol. The second-order valence-corrected chi connectivity index (χ2v) is 8.66. The highest BCUT2D eigenvalue weighted by atomic mass is 32.1. The van der Waals surface area contributed by atoms with Crippen molar-refractivity contribution in [3.63, 3.8) is 0 Å². The number of thiophene rings is 1. The van der Waals surface area contributed by atoms with Crippen LogP contribution in [0.1, 0.15) is 20.8 Å². The number of nitrogens with zero attached hydrogens (tertiary/aromatic N) is 1. The first-order chi connectivity index (χ1) is 15.1. The van der Waals surface area contributed by atoms with E-state index in [1.54, 1.807) is 11.3 Å². The summed E-state index contributed by atoms with van der Waals surface area (Å²) < 4.78 is 12.2. The molecule has 0 saturated heterocycles. The van der Waals surface area contributed by atoms with Crippen LogP contribution < -0.4 is 10.1 Å². The molecule has 3 aromatic rings. The number of hydrogen-bond donors (Lipinski definition) is 4. The lowest BCUT2D eigenvalue weighted by Crippen LogP contribution is -2.42. The summed E-state index contributed by atoms with van der Waals surface area (Å²) in [6.07, 6.45) is 0.529. The van der Waals surface area contributed by atoms with Crippen LogP contribution in [-0.2, 0) is 9.59 Å². The van der Waals surface area contributed by atoms with Gasteiger partial charge in [0.2, 0.25) is 0 Å². The largest absolute Gasteiger partial charge is 0.490 e. The summed E-state index contributed by atoms with van der Waals surface area (Å²) in [7, 11) is 0. The molecule has 2 heterocycles. The molecule has 0 spiro atoms. The SMILES string of the molecule is CC(C)(C)NCC(O)COc1ccccc1-c1noc2ccsc12.O=C(O)C=CC(=O)O. The van der Waals surface area contributed by atoms with Gasteiger partial charge < -0.3 is 29.9 Å². The number of hydrogen-bond acceptors (Lipinski definition) is 8. The minimum atomic E-state index is -1.26. The molecule has 0 amide bonds. The van der Waals surface area contributed by atoms with Gasteiger partial charge in [0.25, 0.3) is 0 Å². The Balaban J connectivity index is 0.000000390. The highest BCUT2D eigenvalue weighted by Gasteiger charge is 2.17. The summed E-state index contributed by atoms with van der Waals surface area (Å²) in [6, 6.07) is 9.58. The molecule has 3 rings (SSSR count). The van der Waals surface area contributed by atoms with Crippen LogP contribution in [0.25, 0.3) is 21.5 Å². The summed E-state index contributed by atoms with van der Waals surface area (Å²) in [6.45, 7) is 6.88. The van der Waals surface area contributed by atoms with Gasteiger partial charge in [-0.1, -0.05) is 17.3 Å². The number of carboxylic acid groups (broad SMARTS) is 2. The number of aliphatic hydroxyl groups is 1. The zero-order chi connectivity index (χ0) is 23.7. The standard InChI is InChI=1S/C18H22N2O3S.C4H4O4/c1-18(2,3)19-10-12(21)11-22-14-7-5-4-6-13(14)16-17-15(23-20-16)8-9-24-17;5-3(6)1-2-4(7)8/h4-9,12,19,21H,10-11H2,1-3H3;1-2H,(H,5,6)(H,7,8). The molecule has 9 nitrogen and oxygen atoms in total. The number of carboxylic acids is 2. The molecular formula is C22H26N2O7S. The molecule has 0 aliphatic heterocycles. The van der Waals surface area contributed by atoms with Crippen LogP contribution in [0, 0.1) is 0 Å². The maximum absolute atomic E-state index is 10.1. The van der Waals surface area contributed by atoms with Crippen LogP contribution in [-0.4, -0.2) is 57.2 Å². The number of nitrogens with one attached hydrogen (secondary N) is 1. The molecule has 0 fully saturated rings. The number of fused-ring (bicyclic) bond motifs is 1. The number of aliphatic carboxylic acids is 2. The van der Waals surface area contributed by atoms with Gasteiger partial charge in [-0.2, -0.15) is 0 Å². The average molecular weight is 463 g/mol. The van der Waals surface area contributed by atoms with E-state index < -0.39 is 18.0 Å². The van der Waals surface area contributed by atoms with E-state index in [-0.39, 0.29) is 12.1 Å². The Labute approximate surface area is 188 Å². The van der Waals surface area contributed by atoms with Crippen molar-refractivity contribution in [1.29, 1.82) is 0 Å². The summed E-state index contributed by atoms with van der Waals surface area (Å²) in [5.74, 6) is -1.82. The van der Waals surface area contributed by atoms with Crippen LogP contribution in [0.5, 0.6) is 5.75 Å². The van der Waals surface area contributed by atoms with Crippen molar-refractivity contribution in [3.05, 3.63) is 47.9 Å². The molecule has 0 bridgehead atoms. The highest BCUT2D eigenvalue weighted by Crippen LogP contribution is 2.36. The zero-order valence-corrected chi connectivity index (χ0v) is 18.8. The number of ether oxygens (including phenoxy) is 1. The van der Waals surface area contributed by atoms with Gasteiger partial charge in [0.05, 0.1) is 0 Å². The number of para-hydroxylation sites is 1. The molecule has 1 unspecified atom stereocenters. The number of aliphatic hydroxyl groups excluding tert-OH is 1. The minimum absolute atomic E-state index is 0.0373. The molecule has 32 heavy (non-hydrogen) atoms. The summed E-state index contributed by atoms with van der Waals surface area (Å²) >= 11 is 1.59. The topological polar surface area (TPSA) is 142 Å². The van der Waals surface area contributed by atoms with Crippen molar-refractivity contribution in [3.8, 4) is 17.0 Å². The van der Waals surface area contributed by atoms with E-state index >= 15 is 0 Å². The first-order valence-electron chi connectivity index (χ1n) is 9.69. The van der Waals surface area contributed by atoms with E-state index in [1.165, 1.54) is 0 Å². The van der Waals surface area contributed by atoms with Gasteiger partial charge in [0, 0.05) is 29.8 Å². The van der Waals surface area contributed by atoms with Crippen molar-refractivity contribution in [1.82, 2.24) is 10.5 Å². The minimum Gasteiger partial charge on any atom is -0.490 e. The number of aromatic nitrogens is 1. The second kappa shape index (κ2) is 11.4. The van der Waals surface area contributed by atoms with Crippen LogP contribution in [0.2, 0.25) is 0 Å². The van der Waals surface area contributed by atoms with E-state index in [0.29, 0.717) is 24.4 Å². The number of carbonyl (C=O) groups is 2. The maximum atomic E-state index is 10.1. The fourth-order valence-corrected chi connectivity index (χ4v) is 3.26. The Hall–Kier alpha value is -3.21. The van der Waals surface area contributed by atoms with Crippen molar-refractivity contribution in [2.45, 2.75) is 32.4 Å². The van der Waals surface area contributed by atoms with Crippen molar-refractivity contribution >= 4 is 33.6 Å². The Kier molecular flexibility index (Phi) is 8.94. The van der Waals surface area contributed by atoms with Crippen LogP contribution in [0.4, 0.5) is 0 Å². The lowest BCUT2D eigenvalue weighted by atomic mass is 10.1. The number of rotatable bonds is 8. The molecule has 1 aromatic carbocycles. The fraction of sp³-hybridized carbons (Fsp3) is 0.318. The van der Waals surface area contributed by atoms with Crippen molar-refractivity contribution in [2.24, 2.45) is 0 Å². The predicted molar refractivity (Wildman–Crippen MR) is 121 cm³/mol. The smallest absolute Gasteiger partial charge is 0.328 e. The van der Waals surface area contributed by atoms with Crippen LogP contribution in [0.15, 0.2) is 52.4 Å². The Morgan fingerprint density at radius 3 is 2.47 bits per heavy atom. The highest BCUT2D eigenvalue weighted by molar-refractivity contribution is 7.17. The summed E-state index contributed by atoms with van der Waals surface area (Å²) in [5.41, 5.74) is 2.39. The zero-order valence-electron chi connectivity index (χ0n) is 17.9. The molecule has 1 atom stereocenters. The molecule has 10 heteroatoms. The fourth-order valence-electron chi connectivity index (χ4n) is 2.45. The van der Waals surface area contributed by atoms with E-state index in [0.717, 1.165) is 21.5 Å². The van der Waals surface area contributed by atoms with Gasteiger partial charge in [0.1, 0.15) is 28.9 Å².